The molecule has 2 rings (SSSR count). The molecule has 0 amide bonds. The van der Waals surface area contributed by atoms with Crippen LogP contribution in [0.25, 0.3) is 0 Å². The molecule has 0 atom stereocenters. The molecule has 58 valence electrons. The first-order valence-corrected chi connectivity index (χ1v) is 2.99. The van der Waals surface area contributed by atoms with Crippen molar-refractivity contribution < 1.29 is 21.1 Å². The van der Waals surface area contributed by atoms with Gasteiger partial charge in [0.2, 0.25) is 0 Å². The molecule has 0 bridgehead atoms. The summed E-state index contributed by atoms with van der Waals surface area (Å²) in [5.41, 5.74) is 0. The average molecular weight is 222 g/mol. The van der Waals surface area contributed by atoms with Crippen LogP contribution in [0.3, 0.4) is 0 Å². The standard InChI is InChI=1S/C5H5.C5H.Mo/c2*1-2-4-5-3-1;/h1-5H;1H;/q-1;-5;. The molecule has 0 fully saturated rings. The van der Waals surface area contributed by atoms with Gasteiger partial charge in [0.15, 0.2) is 0 Å². The minimum absolute atomic E-state index is 0. The zero-order valence-corrected chi connectivity index (χ0v) is 7.88. The van der Waals surface area contributed by atoms with Crippen molar-refractivity contribution in [2.45, 2.75) is 0 Å². The van der Waals surface area contributed by atoms with Crippen LogP contribution in [0.2, 0.25) is 0 Å². The molecule has 0 N–H and O–H groups in total. The first-order valence-electron chi connectivity index (χ1n) is 2.99. The van der Waals surface area contributed by atoms with Gasteiger partial charge in [-0.05, 0) is 0 Å². The number of hydrogen-bond acceptors (Lipinski definition) is 0. The number of rotatable bonds is 0. The maximum absolute atomic E-state index is 2.62. The first kappa shape index (κ1) is 10.4. The van der Waals surface area contributed by atoms with E-state index in [0.29, 0.717) is 0 Å². The van der Waals surface area contributed by atoms with E-state index in [1.165, 1.54) is 0 Å². The van der Waals surface area contributed by atoms with Gasteiger partial charge in [0, 0.05) is 21.1 Å². The third-order valence-electron chi connectivity index (χ3n) is 0.907. The maximum atomic E-state index is 2.62. The molecular formula is C10H6Mo-6. The second kappa shape index (κ2) is 7.49. The fourth-order valence-corrected chi connectivity index (χ4v) is 0.501. The first-order chi connectivity index (χ1) is 5.00. The molecule has 1 heteroatoms. The summed E-state index contributed by atoms with van der Waals surface area (Å²) >= 11 is 0. The van der Waals surface area contributed by atoms with Gasteiger partial charge in [0.1, 0.15) is 0 Å². The third kappa shape index (κ3) is 5.81. The molecule has 2 aromatic rings. The third-order valence-corrected chi connectivity index (χ3v) is 0.907. The van der Waals surface area contributed by atoms with Crippen molar-refractivity contribution >= 4 is 0 Å². The van der Waals surface area contributed by atoms with E-state index in [-0.39, 0.29) is 21.1 Å². The van der Waals surface area contributed by atoms with Gasteiger partial charge < -0.3 is 30.3 Å². The molecule has 0 saturated carbocycles. The Labute approximate surface area is 81.9 Å². The van der Waals surface area contributed by atoms with Crippen LogP contribution in [0.1, 0.15) is 0 Å². The second-order valence-corrected chi connectivity index (χ2v) is 1.65. The summed E-state index contributed by atoms with van der Waals surface area (Å²) in [4.78, 5) is 0. The normalized spacial score (nSPS) is 7.27. The molecule has 0 aliphatic heterocycles. The Bertz CT molecular complexity index is 144. The smallest absolute Gasteiger partial charge is 0 e. The van der Waals surface area contributed by atoms with Crippen molar-refractivity contribution in [1.29, 1.82) is 0 Å². The van der Waals surface area contributed by atoms with Crippen molar-refractivity contribution in [3.63, 3.8) is 0 Å². The second-order valence-electron chi connectivity index (χ2n) is 1.65. The summed E-state index contributed by atoms with van der Waals surface area (Å²) in [5.74, 6) is 0. The topological polar surface area (TPSA) is 0 Å². The van der Waals surface area contributed by atoms with Crippen LogP contribution >= 0.6 is 0 Å². The molecule has 0 saturated heterocycles. The van der Waals surface area contributed by atoms with E-state index >= 15 is 0 Å². The molecule has 2 aromatic carbocycles. The quantitative estimate of drug-likeness (QED) is 0.472. The van der Waals surface area contributed by atoms with E-state index in [0.717, 1.165) is 0 Å². The monoisotopic (exact) mass is 224 g/mol. The van der Waals surface area contributed by atoms with E-state index in [9.17, 15) is 0 Å². The Morgan fingerprint density at radius 2 is 1.45 bits per heavy atom. The Morgan fingerprint density at radius 1 is 0.909 bits per heavy atom. The van der Waals surface area contributed by atoms with Gasteiger partial charge >= 0.3 is 0 Å². The number of hydrogen-bond donors (Lipinski definition) is 0. The van der Waals surface area contributed by atoms with E-state index in [2.05, 4.69) is 24.3 Å². The molecule has 0 aliphatic rings. The maximum Gasteiger partial charge on any atom is 0 e. The molecule has 0 radical (unpaired) electrons. The van der Waals surface area contributed by atoms with Gasteiger partial charge in [-0.2, -0.15) is 18.2 Å². The van der Waals surface area contributed by atoms with E-state index in [4.69, 9.17) is 0 Å². The van der Waals surface area contributed by atoms with Crippen molar-refractivity contribution in [2.75, 3.05) is 0 Å². The van der Waals surface area contributed by atoms with Gasteiger partial charge in [-0.15, -0.1) is 0 Å². The molecule has 0 heterocycles. The van der Waals surface area contributed by atoms with Crippen LogP contribution < -0.4 is 0 Å². The van der Waals surface area contributed by atoms with Gasteiger partial charge in [0.25, 0.3) is 0 Å². The summed E-state index contributed by atoms with van der Waals surface area (Å²) < 4.78 is 0. The fraction of sp³-hybridized carbons (Fsp3) is 0. The SMILES string of the molecule is [Mo].[c-]1[c-][c-][cH-][c-]1.c1cc[cH-]c1. The van der Waals surface area contributed by atoms with Gasteiger partial charge in [0.05, 0.1) is 0 Å². The fourth-order valence-electron chi connectivity index (χ4n) is 0.501. The van der Waals surface area contributed by atoms with Crippen LogP contribution in [-0.4, -0.2) is 0 Å². The molecule has 11 heavy (non-hydrogen) atoms. The molecule has 0 aliphatic carbocycles. The average Bonchev–Trinajstić information content (AvgIpc) is 2.67. The van der Waals surface area contributed by atoms with Crippen molar-refractivity contribution in [3.05, 3.63) is 60.7 Å². The Kier molecular flexibility index (Phi) is 7.08. The molecule has 0 aromatic heterocycles. The summed E-state index contributed by atoms with van der Waals surface area (Å²) in [5, 5.41) is 0. The van der Waals surface area contributed by atoms with Crippen LogP contribution in [0.4, 0.5) is 0 Å². The largest absolute Gasteiger partial charge is 0.999 e. The van der Waals surface area contributed by atoms with Crippen molar-refractivity contribution in [2.24, 2.45) is 0 Å². The Balaban J connectivity index is 0.000000167. The van der Waals surface area contributed by atoms with Gasteiger partial charge in [-0.3, -0.25) is 0 Å². The summed E-state index contributed by atoms with van der Waals surface area (Å²) in [6, 6.07) is 22.0. The minimum atomic E-state index is 0. The van der Waals surface area contributed by atoms with Crippen molar-refractivity contribution in [1.82, 2.24) is 0 Å². The zero-order valence-electron chi connectivity index (χ0n) is 5.87. The predicted octanol–water partition coefficient (Wildman–Crippen LogP) is 2.01. The molecule has 0 nitrogen and oxygen atoms in total. The zero-order chi connectivity index (χ0) is 7.07. The van der Waals surface area contributed by atoms with E-state index in [1.54, 1.807) is 6.07 Å². The van der Waals surface area contributed by atoms with Crippen LogP contribution in [0.5, 0.6) is 0 Å². The van der Waals surface area contributed by atoms with Crippen LogP contribution in [0.15, 0.2) is 36.4 Å². The summed E-state index contributed by atoms with van der Waals surface area (Å²) in [7, 11) is 0. The Hall–Kier alpha value is -0.612. The minimum Gasteiger partial charge on any atom is -0.999 e. The van der Waals surface area contributed by atoms with Gasteiger partial charge in [-0.1, -0.05) is 0 Å². The molecule has 0 unspecified atom stereocenters. The summed E-state index contributed by atoms with van der Waals surface area (Å²) in [6.45, 7) is 0. The molecular weight excluding hydrogens is 216 g/mol. The van der Waals surface area contributed by atoms with E-state index < -0.39 is 0 Å². The predicted molar refractivity (Wildman–Crippen MR) is 39.4 cm³/mol. The van der Waals surface area contributed by atoms with Gasteiger partial charge in [-0.25, -0.2) is 12.1 Å². The van der Waals surface area contributed by atoms with Crippen LogP contribution in [0, 0.1) is 24.3 Å². The van der Waals surface area contributed by atoms with Crippen LogP contribution in [-0.2, 0) is 21.1 Å². The van der Waals surface area contributed by atoms with Crippen molar-refractivity contribution in [3.8, 4) is 0 Å². The Morgan fingerprint density at radius 3 is 1.64 bits per heavy atom. The molecule has 0 spiro atoms. The summed E-state index contributed by atoms with van der Waals surface area (Å²) in [6.07, 6.45) is 0. The van der Waals surface area contributed by atoms with E-state index in [1.807, 2.05) is 30.3 Å².